The quantitative estimate of drug-likeness (QED) is 0.527. The molecule has 4 aromatic heterocycles. The van der Waals surface area contributed by atoms with Gasteiger partial charge in [0.25, 0.3) is 0 Å². The Balaban J connectivity index is 1.34. The van der Waals surface area contributed by atoms with Crippen LogP contribution in [0.15, 0.2) is 41.1 Å². The van der Waals surface area contributed by atoms with Crippen LogP contribution in [-0.2, 0) is 4.74 Å². The van der Waals surface area contributed by atoms with Gasteiger partial charge in [0.05, 0.1) is 24.8 Å². The molecule has 9 heteroatoms. The lowest BCUT2D eigenvalue weighted by Gasteiger charge is -2.28. The Morgan fingerprint density at radius 2 is 2.10 bits per heavy atom. The van der Waals surface area contributed by atoms with E-state index < -0.39 is 0 Å². The molecule has 2 aliphatic rings. The second-order valence-electron chi connectivity index (χ2n) is 7.95. The van der Waals surface area contributed by atoms with Crippen LogP contribution in [-0.4, -0.2) is 65.1 Å². The van der Waals surface area contributed by atoms with Gasteiger partial charge in [0.2, 0.25) is 5.88 Å². The highest BCUT2D eigenvalue weighted by Gasteiger charge is 2.20. The van der Waals surface area contributed by atoms with Gasteiger partial charge in [-0.1, -0.05) is 0 Å². The average Bonchev–Trinajstić information content (AvgIpc) is 3.56. The lowest BCUT2D eigenvalue weighted by atomic mass is 10.2. The Kier molecular flexibility index (Phi) is 4.69. The third-order valence-corrected chi connectivity index (χ3v) is 5.92. The lowest BCUT2D eigenvalue weighted by molar-refractivity contribution is 0.122. The van der Waals surface area contributed by atoms with Crippen molar-refractivity contribution in [1.29, 1.82) is 0 Å². The molecule has 160 valence electrons. The number of pyridine rings is 1. The summed E-state index contributed by atoms with van der Waals surface area (Å²) < 4.78 is 19.4. The molecule has 0 aliphatic carbocycles. The third-order valence-electron chi connectivity index (χ3n) is 5.92. The van der Waals surface area contributed by atoms with Crippen molar-refractivity contribution in [2.75, 3.05) is 44.4 Å². The number of anilines is 1. The number of hydrogen-bond donors (Lipinski definition) is 1. The van der Waals surface area contributed by atoms with Gasteiger partial charge in [-0.05, 0) is 37.6 Å². The summed E-state index contributed by atoms with van der Waals surface area (Å²) in [6.07, 6.45) is 5.90. The van der Waals surface area contributed by atoms with Gasteiger partial charge in [-0.3, -0.25) is 0 Å². The summed E-state index contributed by atoms with van der Waals surface area (Å²) in [7, 11) is 0. The second-order valence-corrected chi connectivity index (χ2v) is 7.95. The first-order chi connectivity index (χ1) is 15.3. The van der Waals surface area contributed by atoms with E-state index in [1.165, 1.54) is 6.42 Å². The number of rotatable bonds is 5. The molecular weight excluding hydrogens is 396 g/mol. The van der Waals surface area contributed by atoms with Gasteiger partial charge >= 0.3 is 0 Å². The van der Waals surface area contributed by atoms with Crippen LogP contribution in [0.4, 0.5) is 5.82 Å². The Bertz CT molecular complexity index is 1210. The summed E-state index contributed by atoms with van der Waals surface area (Å²) in [4.78, 5) is 11.3. The number of imidazole rings is 1. The Labute approximate surface area is 179 Å². The van der Waals surface area contributed by atoms with Crippen LogP contribution < -0.4 is 15.0 Å². The minimum atomic E-state index is 0.390. The molecule has 0 amide bonds. The van der Waals surface area contributed by atoms with Crippen molar-refractivity contribution in [1.82, 2.24) is 24.9 Å². The first-order valence-electron chi connectivity index (χ1n) is 10.8. The molecule has 0 spiro atoms. The maximum Gasteiger partial charge on any atom is 0.231 e. The molecule has 4 aromatic rings. The zero-order valence-corrected chi connectivity index (χ0v) is 17.2. The summed E-state index contributed by atoms with van der Waals surface area (Å²) in [5.41, 5.74) is 2.32. The van der Waals surface area contributed by atoms with Crippen LogP contribution in [0.3, 0.4) is 0 Å². The number of nitrogens with one attached hydrogen (secondary N) is 1. The van der Waals surface area contributed by atoms with Crippen molar-refractivity contribution in [3.63, 3.8) is 0 Å². The van der Waals surface area contributed by atoms with Crippen LogP contribution in [0.2, 0.25) is 0 Å². The minimum absolute atomic E-state index is 0.390. The molecule has 6 rings (SSSR count). The fraction of sp³-hybridized carbons (Fsp3) is 0.409. The van der Waals surface area contributed by atoms with Gasteiger partial charge in [0.1, 0.15) is 23.7 Å². The number of nitrogens with zero attached hydrogens (tertiary/aromatic N) is 5. The van der Waals surface area contributed by atoms with E-state index in [1.54, 1.807) is 16.9 Å². The molecule has 0 saturated carbocycles. The molecule has 6 heterocycles. The van der Waals surface area contributed by atoms with Gasteiger partial charge in [-0.25, -0.2) is 14.5 Å². The first kappa shape index (κ1) is 18.6. The standard InChI is InChI=1S/C22H24N6O3/c1-2-15(23-6-1)14-30-21-4-3-20-25-13-17(28(20)26-21)19-12-16-18(31-19)5-7-24-22(16)27-8-10-29-11-9-27/h3-5,7,12-13,15,23H,1-2,6,8-11,14H2/t15-/m0/s1. The summed E-state index contributed by atoms with van der Waals surface area (Å²) in [6.45, 7) is 4.72. The van der Waals surface area contributed by atoms with Crippen LogP contribution >= 0.6 is 0 Å². The van der Waals surface area contributed by atoms with Crippen LogP contribution in [0, 0.1) is 0 Å². The molecule has 0 aromatic carbocycles. The maximum absolute atomic E-state index is 6.18. The zero-order chi connectivity index (χ0) is 20.6. The number of morpholine rings is 1. The minimum Gasteiger partial charge on any atom is -0.475 e. The molecule has 9 nitrogen and oxygen atoms in total. The molecule has 2 aliphatic heterocycles. The van der Waals surface area contributed by atoms with E-state index in [-0.39, 0.29) is 0 Å². The van der Waals surface area contributed by atoms with E-state index in [2.05, 4.69) is 25.3 Å². The fourth-order valence-corrected chi connectivity index (χ4v) is 4.29. The van der Waals surface area contributed by atoms with E-state index in [1.807, 2.05) is 24.3 Å². The van der Waals surface area contributed by atoms with E-state index in [0.717, 1.165) is 54.2 Å². The number of aromatic nitrogens is 4. The van der Waals surface area contributed by atoms with Crippen molar-refractivity contribution in [2.45, 2.75) is 18.9 Å². The zero-order valence-electron chi connectivity index (χ0n) is 17.2. The van der Waals surface area contributed by atoms with Crippen LogP contribution in [0.5, 0.6) is 5.88 Å². The molecule has 0 radical (unpaired) electrons. The van der Waals surface area contributed by atoms with Gasteiger partial charge in [0, 0.05) is 31.4 Å². The highest BCUT2D eigenvalue weighted by atomic mass is 16.5. The van der Waals surface area contributed by atoms with Gasteiger partial charge in [-0.15, -0.1) is 5.10 Å². The molecule has 0 bridgehead atoms. The van der Waals surface area contributed by atoms with Crippen molar-refractivity contribution in [3.05, 3.63) is 36.7 Å². The monoisotopic (exact) mass is 420 g/mol. The number of ether oxygens (including phenoxy) is 2. The predicted molar refractivity (Wildman–Crippen MR) is 116 cm³/mol. The predicted octanol–water partition coefficient (Wildman–Crippen LogP) is 2.50. The molecular formula is C22H24N6O3. The van der Waals surface area contributed by atoms with E-state index in [0.29, 0.717) is 37.5 Å². The highest BCUT2D eigenvalue weighted by Crippen LogP contribution is 2.33. The summed E-state index contributed by atoms with van der Waals surface area (Å²) in [5, 5.41) is 9.08. The fourth-order valence-electron chi connectivity index (χ4n) is 4.29. The van der Waals surface area contributed by atoms with E-state index >= 15 is 0 Å². The van der Waals surface area contributed by atoms with Crippen LogP contribution in [0.25, 0.3) is 28.1 Å². The van der Waals surface area contributed by atoms with E-state index in [9.17, 15) is 0 Å². The van der Waals surface area contributed by atoms with Crippen molar-refractivity contribution >= 4 is 22.4 Å². The molecule has 1 N–H and O–H groups in total. The molecule has 2 saturated heterocycles. The molecule has 31 heavy (non-hydrogen) atoms. The van der Waals surface area contributed by atoms with Gasteiger partial charge in [-0.2, -0.15) is 0 Å². The average molecular weight is 420 g/mol. The first-order valence-corrected chi connectivity index (χ1v) is 10.8. The molecule has 0 unspecified atom stereocenters. The summed E-state index contributed by atoms with van der Waals surface area (Å²) >= 11 is 0. The third kappa shape index (κ3) is 3.49. The van der Waals surface area contributed by atoms with Gasteiger partial charge in [0.15, 0.2) is 11.4 Å². The summed E-state index contributed by atoms with van der Waals surface area (Å²) in [6, 6.07) is 8.08. The topological polar surface area (TPSA) is 90.0 Å². The lowest BCUT2D eigenvalue weighted by Crippen LogP contribution is -2.36. The smallest absolute Gasteiger partial charge is 0.231 e. The number of hydrogen-bond acceptors (Lipinski definition) is 8. The SMILES string of the molecule is c1cc2oc(-c3cnc4ccc(OC[C@@H]5CCCN5)nn34)cc2c(N2CCOCC2)n1. The molecule has 1 atom stereocenters. The maximum atomic E-state index is 6.18. The number of fused-ring (bicyclic) bond motifs is 2. The van der Waals surface area contributed by atoms with Crippen molar-refractivity contribution < 1.29 is 13.9 Å². The summed E-state index contributed by atoms with van der Waals surface area (Å²) in [5.74, 6) is 2.20. The van der Waals surface area contributed by atoms with Gasteiger partial charge < -0.3 is 24.1 Å². The normalized spacial score (nSPS) is 19.5. The van der Waals surface area contributed by atoms with Crippen molar-refractivity contribution in [3.8, 4) is 17.3 Å². The number of furan rings is 1. The Morgan fingerprint density at radius 3 is 2.97 bits per heavy atom. The second kappa shape index (κ2) is 7.82. The van der Waals surface area contributed by atoms with Crippen molar-refractivity contribution in [2.24, 2.45) is 0 Å². The van der Waals surface area contributed by atoms with Crippen LogP contribution in [0.1, 0.15) is 12.8 Å². The van der Waals surface area contributed by atoms with E-state index in [4.69, 9.17) is 13.9 Å². The highest BCUT2D eigenvalue weighted by molar-refractivity contribution is 5.92. The Morgan fingerprint density at radius 1 is 1.16 bits per heavy atom. The largest absolute Gasteiger partial charge is 0.475 e. The molecule has 2 fully saturated rings. The Hall–Kier alpha value is -3.17.